The van der Waals surface area contributed by atoms with E-state index in [0.29, 0.717) is 6.42 Å². The Balaban J connectivity index is 2.32. The van der Waals surface area contributed by atoms with Crippen LogP contribution in [0.25, 0.3) is 0 Å². The minimum atomic E-state index is -0.657. The molecule has 2 rings (SSSR count). The molecular formula is C10H11N3O3. The van der Waals surface area contributed by atoms with Crippen LogP contribution in [0.3, 0.4) is 0 Å². The molecule has 2 aliphatic rings. The molecule has 0 aliphatic carbocycles. The number of hydrogen-bond donors (Lipinski definition) is 0. The Labute approximate surface area is 92.7 Å². The largest absolute Gasteiger partial charge is 0.460 e. The fourth-order valence-corrected chi connectivity index (χ4v) is 1.94. The fraction of sp³-hybridized carbons (Fsp3) is 0.500. The van der Waals surface area contributed by atoms with Gasteiger partial charge in [0.2, 0.25) is 5.91 Å². The van der Waals surface area contributed by atoms with Crippen molar-refractivity contribution in [3.05, 3.63) is 11.8 Å². The predicted molar refractivity (Wildman–Crippen MR) is 52.6 cm³/mol. The number of nitrogens with zero attached hydrogens (tertiary/aromatic N) is 3. The minimum absolute atomic E-state index is 0.165. The summed E-state index contributed by atoms with van der Waals surface area (Å²) in [6.07, 6.45) is 1.35. The van der Waals surface area contributed by atoms with E-state index in [9.17, 15) is 9.59 Å². The van der Waals surface area contributed by atoms with Crippen molar-refractivity contribution in [1.82, 2.24) is 9.80 Å². The average Bonchev–Trinajstić information content (AvgIpc) is 2.33. The number of allylic oxidation sites excluding steroid dienone is 2. The summed E-state index contributed by atoms with van der Waals surface area (Å²) in [6, 6.07) is 1.46. The zero-order valence-corrected chi connectivity index (χ0v) is 9.01. The fourth-order valence-electron chi connectivity index (χ4n) is 1.94. The van der Waals surface area contributed by atoms with Crippen LogP contribution in [0.15, 0.2) is 11.8 Å². The molecule has 84 valence electrons. The van der Waals surface area contributed by atoms with Gasteiger partial charge in [0.1, 0.15) is 6.07 Å². The van der Waals surface area contributed by atoms with Crippen LogP contribution in [0.2, 0.25) is 0 Å². The lowest BCUT2D eigenvalue weighted by Crippen LogP contribution is -2.60. The monoisotopic (exact) mass is 221 g/mol. The highest BCUT2D eigenvalue weighted by Crippen LogP contribution is 2.30. The quantitative estimate of drug-likeness (QED) is 0.589. The second kappa shape index (κ2) is 3.52. The highest BCUT2D eigenvalue weighted by Gasteiger charge is 2.45. The Morgan fingerprint density at radius 3 is 2.81 bits per heavy atom. The lowest BCUT2D eigenvalue weighted by Gasteiger charge is -2.42. The van der Waals surface area contributed by atoms with Crippen LogP contribution in [0, 0.1) is 17.2 Å². The van der Waals surface area contributed by atoms with Crippen molar-refractivity contribution in [2.45, 2.75) is 12.6 Å². The summed E-state index contributed by atoms with van der Waals surface area (Å²) in [5, 5.41) is 8.71. The number of urea groups is 1. The molecular weight excluding hydrogens is 210 g/mol. The number of nitriles is 1. The number of hydrogen-bond acceptors (Lipinski definition) is 4. The van der Waals surface area contributed by atoms with E-state index in [1.54, 1.807) is 13.1 Å². The van der Waals surface area contributed by atoms with Gasteiger partial charge in [-0.3, -0.25) is 14.6 Å². The van der Waals surface area contributed by atoms with Gasteiger partial charge in [-0.25, -0.2) is 4.79 Å². The molecule has 0 aromatic carbocycles. The Hall–Kier alpha value is -2.03. The van der Waals surface area contributed by atoms with Crippen molar-refractivity contribution in [3.63, 3.8) is 0 Å². The molecule has 6 heteroatoms. The molecule has 1 saturated heterocycles. The third-order valence-electron chi connectivity index (χ3n) is 2.88. The molecule has 6 nitrogen and oxygen atoms in total. The van der Waals surface area contributed by atoms with Crippen LogP contribution in [-0.2, 0) is 9.53 Å². The topological polar surface area (TPSA) is 73.6 Å². The lowest BCUT2D eigenvalue weighted by molar-refractivity contribution is -0.149. The van der Waals surface area contributed by atoms with Crippen LogP contribution >= 0.6 is 0 Å². The predicted octanol–water partition coefficient (Wildman–Crippen LogP) is 0.280. The van der Waals surface area contributed by atoms with Gasteiger partial charge in [-0.2, -0.15) is 5.26 Å². The SMILES string of the molecule is CN1C(=O)[C@@H]2CC=C(C#N)O[C@@H]2N(C)C1=O. The summed E-state index contributed by atoms with van der Waals surface area (Å²) in [5.41, 5.74) is 0. The summed E-state index contributed by atoms with van der Waals surface area (Å²) in [4.78, 5) is 25.9. The molecule has 0 aromatic heterocycles. The highest BCUT2D eigenvalue weighted by molar-refractivity contribution is 5.98. The molecule has 1 fully saturated rings. The maximum absolute atomic E-state index is 11.8. The summed E-state index contributed by atoms with van der Waals surface area (Å²) >= 11 is 0. The van der Waals surface area contributed by atoms with Gasteiger partial charge >= 0.3 is 6.03 Å². The van der Waals surface area contributed by atoms with E-state index in [4.69, 9.17) is 10.00 Å². The Morgan fingerprint density at radius 2 is 2.19 bits per heavy atom. The van der Waals surface area contributed by atoms with Crippen LogP contribution in [0.5, 0.6) is 0 Å². The van der Waals surface area contributed by atoms with Gasteiger partial charge in [0, 0.05) is 14.1 Å². The van der Waals surface area contributed by atoms with E-state index in [2.05, 4.69) is 0 Å². The molecule has 0 spiro atoms. The second-order valence-corrected chi connectivity index (χ2v) is 3.82. The van der Waals surface area contributed by atoms with Crippen molar-refractivity contribution in [1.29, 1.82) is 5.26 Å². The Kier molecular flexibility index (Phi) is 2.31. The maximum Gasteiger partial charge on any atom is 0.329 e. The maximum atomic E-state index is 11.8. The number of carbonyl (C=O) groups is 2. The first-order chi connectivity index (χ1) is 7.56. The van der Waals surface area contributed by atoms with Crippen molar-refractivity contribution in [3.8, 4) is 6.07 Å². The minimum Gasteiger partial charge on any atom is -0.460 e. The number of ether oxygens (including phenoxy) is 1. The van der Waals surface area contributed by atoms with Gasteiger partial charge < -0.3 is 4.74 Å². The summed E-state index contributed by atoms with van der Waals surface area (Å²) < 4.78 is 5.30. The van der Waals surface area contributed by atoms with Crippen molar-refractivity contribution in [2.24, 2.45) is 5.92 Å². The molecule has 16 heavy (non-hydrogen) atoms. The van der Waals surface area contributed by atoms with Gasteiger partial charge in [-0.1, -0.05) is 0 Å². The number of amides is 3. The molecule has 0 bridgehead atoms. The van der Waals surface area contributed by atoms with Gasteiger partial charge in [0.05, 0.1) is 5.92 Å². The van der Waals surface area contributed by atoms with Crippen molar-refractivity contribution >= 4 is 11.9 Å². The van der Waals surface area contributed by atoms with E-state index in [0.717, 1.165) is 4.90 Å². The van der Waals surface area contributed by atoms with E-state index < -0.39 is 18.2 Å². The third kappa shape index (κ3) is 1.33. The lowest BCUT2D eigenvalue weighted by atomic mass is 9.96. The van der Waals surface area contributed by atoms with Gasteiger partial charge in [0.15, 0.2) is 12.0 Å². The first-order valence-electron chi connectivity index (χ1n) is 4.87. The van der Waals surface area contributed by atoms with Gasteiger partial charge in [0.25, 0.3) is 0 Å². The van der Waals surface area contributed by atoms with Crippen LogP contribution in [0.1, 0.15) is 6.42 Å². The molecule has 2 atom stereocenters. The van der Waals surface area contributed by atoms with Gasteiger partial charge in [-0.15, -0.1) is 0 Å². The number of rotatable bonds is 0. The summed E-state index contributed by atoms with van der Waals surface area (Å²) in [7, 11) is 3.00. The van der Waals surface area contributed by atoms with Crippen LogP contribution in [-0.4, -0.2) is 42.1 Å². The number of carbonyl (C=O) groups excluding carboxylic acids is 2. The molecule has 0 saturated carbocycles. The first-order valence-corrected chi connectivity index (χ1v) is 4.87. The standard InChI is InChI=1S/C10H11N3O3/c1-12-8(14)7-4-3-6(5-11)16-9(7)13(2)10(12)15/h3,7,9H,4H2,1-2H3/t7-,9-/m0/s1. The van der Waals surface area contributed by atoms with Crippen LogP contribution < -0.4 is 0 Å². The normalized spacial score (nSPS) is 29.2. The third-order valence-corrected chi connectivity index (χ3v) is 2.88. The molecule has 0 N–H and O–H groups in total. The molecule has 3 amide bonds. The molecule has 0 aromatic rings. The molecule has 0 radical (unpaired) electrons. The second-order valence-electron chi connectivity index (χ2n) is 3.82. The van der Waals surface area contributed by atoms with Crippen molar-refractivity contribution in [2.75, 3.05) is 14.1 Å². The first kappa shape index (κ1) is 10.5. The van der Waals surface area contributed by atoms with Crippen molar-refractivity contribution < 1.29 is 14.3 Å². The summed E-state index contributed by atoms with van der Waals surface area (Å²) in [5.74, 6) is -0.510. The Morgan fingerprint density at radius 1 is 1.50 bits per heavy atom. The smallest absolute Gasteiger partial charge is 0.329 e. The number of imide groups is 1. The van der Waals surface area contributed by atoms with Crippen LogP contribution in [0.4, 0.5) is 4.79 Å². The average molecular weight is 221 g/mol. The molecule has 2 aliphatic heterocycles. The number of fused-ring (bicyclic) bond motifs is 1. The zero-order chi connectivity index (χ0) is 11.9. The highest BCUT2D eigenvalue weighted by atomic mass is 16.5. The molecule has 2 heterocycles. The zero-order valence-electron chi connectivity index (χ0n) is 9.01. The van der Waals surface area contributed by atoms with E-state index in [1.165, 1.54) is 11.9 Å². The van der Waals surface area contributed by atoms with Gasteiger partial charge in [-0.05, 0) is 12.5 Å². The van der Waals surface area contributed by atoms with E-state index in [1.807, 2.05) is 6.07 Å². The summed E-state index contributed by atoms with van der Waals surface area (Å²) in [6.45, 7) is 0. The molecule has 0 unspecified atom stereocenters. The Bertz CT molecular complexity index is 424. The van der Waals surface area contributed by atoms with E-state index in [-0.39, 0.29) is 11.7 Å². The van der Waals surface area contributed by atoms with E-state index >= 15 is 0 Å².